The highest BCUT2D eigenvalue weighted by Gasteiger charge is 2.24. The fraction of sp³-hybridized carbons (Fsp3) is 0.107. The van der Waals surface area contributed by atoms with Gasteiger partial charge in [0.05, 0.1) is 25.6 Å². The number of thiophene rings is 1. The lowest BCUT2D eigenvalue weighted by Gasteiger charge is -2.14. The van der Waals surface area contributed by atoms with E-state index >= 15 is 0 Å². The SMILES string of the molecule is COc1ccc(OC)c(-c2cc(-c3ccccc3)nc3sc(C(=O)Nc4ncccc4C)c(N)c23)c1. The van der Waals surface area contributed by atoms with Crippen molar-refractivity contribution in [3.05, 3.63) is 83.4 Å². The first-order chi connectivity index (χ1) is 17.5. The summed E-state index contributed by atoms with van der Waals surface area (Å²) in [6, 6.07) is 21.1. The van der Waals surface area contributed by atoms with Crippen molar-refractivity contribution in [2.75, 3.05) is 25.3 Å². The van der Waals surface area contributed by atoms with Crippen LogP contribution in [0.3, 0.4) is 0 Å². The molecule has 5 aromatic rings. The highest BCUT2D eigenvalue weighted by atomic mass is 32.1. The quantitative estimate of drug-likeness (QED) is 0.291. The van der Waals surface area contributed by atoms with Gasteiger partial charge in [0.25, 0.3) is 5.91 Å². The Morgan fingerprint density at radius 3 is 2.50 bits per heavy atom. The summed E-state index contributed by atoms with van der Waals surface area (Å²) >= 11 is 1.25. The standard InChI is InChI=1S/C28H24N4O3S/c1-16-8-7-13-30-26(16)32-27(33)25-24(29)23-20(19-14-18(34-2)11-12-22(19)35-3)15-21(31-28(23)36-25)17-9-5-4-6-10-17/h4-15H,29H2,1-3H3,(H,30,32,33). The molecule has 0 bridgehead atoms. The number of ether oxygens (including phenoxy) is 2. The molecule has 3 N–H and O–H groups in total. The second-order valence-corrected chi connectivity index (χ2v) is 9.13. The Bertz CT molecular complexity index is 1580. The van der Waals surface area contributed by atoms with Gasteiger partial charge in [-0.05, 0) is 42.8 Å². The lowest BCUT2D eigenvalue weighted by molar-refractivity contribution is 0.103. The number of rotatable bonds is 6. The van der Waals surface area contributed by atoms with Crippen molar-refractivity contribution < 1.29 is 14.3 Å². The molecule has 0 aliphatic heterocycles. The number of nitrogens with zero attached hydrogens (tertiary/aromatic N) is 2. The molecule has 3 aromatic heterocycles. The molecule has 0 saturated carbocycles. The number of carbonyl (C=O) groups is 1. The zero-order chi connectivity index (χ0) is 25.2. The number of hydrogen-bond acceptors (Lipinski definition) is 7. The number of nitrogen functional groups attached to an aromatic ring is 1. The lowest BCUT2D eigenvalue weighted by Crippen LogP contribution is -2.13. The van der Waals surface area contributed by atoms with E-state index in [0.29, 0.717) is 38.1 Å². The maximum absolute atomic E-state index is 13.3. The predicted molar refractivity (Wildman–Crippen MR) is 145 cm³/mol. The molecule has 0 aliphatic carbocycles. The van der Waals surface area contributed by atoms with Crippen molar-refractivity contribution in [3.8, 4) is 33.9 Å². The minimum absolute atomic E-state index is 0.331. The van der Waals surface area contributed by atoms with E-state index in [1.165, 1.54) is 11.3 Å². The van der Waals surface area contributed by atoms with E-state index in [1.54, 1.807) is 20.4 Å². The highest BCUT2D eigenvalue weighted by Crippen LogP contribution is 2.44. The fourth-order valence-corrected chi connectivity index (χ4v) is 5.08. The first kappa shape index (κ1) is 23.3. The number of fused-ring (bicyclic) bond motifs is 1. The van der Waals surface area contributed by atoms with Crippen molar-refractivity contribution in [2.24, 2.45) is 0 Å². The normalized spacial score (nSPS) is 10.9. The van der Waals surface area contributed by atoms with Gasteiger partial charge in [0.2, 0.25) is 0 Å². The van der Waals surface area contributed by atoms with E-state index in [4.69, 9.17) is 20.2 Å². The first-order valence-electron chi connectivity index (χ1n) is 11.2. The number of amides is 1. The van der Waals surface area contributed by atoms with Crippen LogP contribution in [0.15, 0.2) is 72.9 Å². The molecule has 1 amide bonds. The molecule has 7 nitrogen and oxygen atoms in total. The van der Waals surface area contributed by atoms with E-state index in [0.717, 1.165) is 27.9 Å². The van der Waals surface area contributed by atoms with E-state index in [-0.39, 0.29) is 5.91 Å². The Morgan fingerprint density at radius 1 is 0.972 bits per heavy atom. The van der Waals surface area contributed by atoms with E-state index in [9.17, 15) is 4.79 Å². The number of aromatic nitrogens is 2. The molecule has 5 rings (SSSR count). The molecule has 180 valence electrons. The van der Waals surface area contributed by atoms with Gasteiger partial charge >= 0.3 is 0 Å². The average Bonchev–Trinajstić information content (AvgIpc) is 3.26. The summed E-state index contributed by atoms with van der Waals surface area (Å²) < 4.78 is 11.2. The molecule has 0 saturated heterocycles. The summed E-state index contributed by atoms with van der Waals surface area (Å²) in [6.45, 7) is 1.89. The Balaban J connectivity index is 1.74. The van der Waals surface area contributed by atoms with Crippen molar-refractivity contribution in [1.29, 1.82) is 0 Å². The molecule has 3 heterocycles. The summed E-state index contributed by atoms with van der Waals surface area (Å²) in [7, 11) is 3.23. The molecule has 0 fully saturated rings. The maximum Gasteiger partial charge on any atom is 0.269 e. The van der Waals surface area contributed by atoms with Crippen LogP contribution in [0.25, 0.3) is 32.6 Å². The van der Waals surface area contributed by atoms with Gasteiger partial charge in [-0.1, -0.05) is 36.4 Å². The minimum atomic E-state index is -0.331. The summed E-state index contributed by atoms with van der Waals surface area (Å²) in [5.74, 6) is 1.49. The number of nitrogens with one attached hydrogen (secondary N) is 1. The number of nitrogens with two attached hydrogens (primary N) is 1. The summed E-state index contributed by atoms with van der Waals surface area (Å²) in [5.41, 5.74) is 11.2. The average molecular weight is 497 g/mol. The highest BCUT2D eigenvalue weighted by molar-refractivity contribution is 7.21. The Hall–Kier alpha value is -4.43. The molecule has 36 heavy (non-hydrogen) atoms. The zero-order valence-corrected chi connectivity index (χ0v) is 20.8. The predicted octanol–water partition coefficient (Wildman–Crippen LogP) is 6.19. The minimum Gasteiger partial charge on any atom is -0.497 e. The van der Waals surface area contributed by atoms with Gasteiger partial charge in [-0.3, -0.25) is 4.79 Å². The third-order valence-corrected chi connectivity index (χ3v) is 7.01. The monoisotopic (exact) mass is 496 g/mol. The Kier molecular flexibility index (Phi) is 6.26. The Labute approximate surface area is 212 Å². The third kappa shape index (κ3) is 4.23. The molecule has 0 spiro atoms. The van der Waals surface area contributed by atoms with Crippen LogP contribution in [0.4, 0.5) is 11.5 Å². The van der Waals surface area contributed by atoms with Crippen LogP contribution in [0.1, 0.15) is 15.2 Å². The summed E-state index contributed by atoms with van der Waals surface area (Å²) in [5, 5.41) is 3.57. The van der Waals surface area contributed by atoms with Gasteiger partial charge in [-0.25, -0.2) is 9.97 Å². The van der Waals surface area contributed by atoms with Crippen molar-refractivity contribution >= 4 is 39.0 Å². The largest absolute Gasteiger partial charge is 0.497 e. The maximum atomic E-state index is 13.3. The van der Waals surface area contributed by atoms with Gasteiger partial charge in [-0.15, -0.1) is 11.3 Å². The topological polar surface area (TPSA) is 99.4 Å². The van der Waals surface area contributed by atoms with Crippen LogP contribution in [-0.4, -0.2) is 30.1 Å². The lowest BCUT2D eigenvalue weighted by atomic mass is 9.98. The molecule has 0 aliphatic rings. The number of aryl methyl sites for hydroxylation is 1. The van der Waals surface area contributed by atoms with Gasteiger partial charge in [-0.2, -0.15) is 0 Å². The Morgan fingerprint density at radius 2 is 1.78 bits per heavy atom. The second kappa shape index (κ2) is 9.67. The first-order valence-corrected chi connectivity index (χ1v) is 12.1. The zero-order valence-electron chi connectivity index (χ0n) is 20.0. The van der Waals surface area contributed by atoms with E-state index < -0.39 is 0 Å². The molecule has 8 heteroatoms. The van der Waals surface area contributed by atoms with Gasteiger partial charge in [0.1, 0.15) is 27.0 Å². The van der Waals surface area contributed by atoms with E-state index in [2.05, 4.69) is 10.3 Å². The number of methoxy groups -OCH3 is 2. The van der Waals surface area contributed by atoms with Crippen LogP contribution in [0.5, 0.6) is 11.5 Å². The molecule has 0 unspecified atom stereocenters. The van der Waals surface area contributed by atoms with Gasteiger partial charge < -0.3 is 20.5 Å². The van der Waals surface area contributed by atoms with Crippen LogP contribution in [-0.2, 0) is 0 Å². The summed E-state index contributed by atoms with van der Waals surface area (Å²) in [6.07, 6.45) is 1.64. The second-order valence-electron chi connectivity index (χ2n) is 8.14. The molecule has 0 atom stereocenters. The van der Waals surface area contributed by atoms with Crippen molar-refractivity contribution in [3.63, 3.8) is 0 Å². The van der Waals surface area contributed by atoms with Crippen molar-refractivity contribution in [2.45, 2.75) is 6.92 Å². The number of hydrogen-bond donors (Lipinski definition) is 2. The van der Waals surface area contributed by atoms with Crippen LogP contribution in [0.2, 0.25) is 0 Å². The fourth-order valence-electron chi connectivity index (χ4n) is 4.06. The smallest absolute Gasteiger partial charge is 0.269 e. The number of anilines is 2. The van der Waals surface area contributed by atoms with E-state index in [1.807, 2.05) is 73.7 Å². The molecule has 2 aromatic carbocycles. The number of pyridine rings is 2. The molecular formula is C28H24N4O3S. The van der Waals surface area contributed by atoms with Gasteiger partial charge in [0, 0.05) is 28.3 Å². The van der Waals surface area contributed by atoms with Crippen LogP contribution >= 0.6 is 11.3 Å². The van der Waals surface area contributed by atoms with Gasteiger partial charge in [0.15, 0.2) is 0 Å². The number of carbonyl (C=O) groups excluding carboxylic acids is 1. The van der Waals surface area contributed by atoms with Crippen molar-refractivity contribution in [1.82, 2.24) is 9.97 Å². The summed E-state index contributed by atoms with van der Waals surface area (Å²) in [4.78, 5) is 23.5. The van der Waals surface area contributed by atoms with Crippen LogP contribution < -0.4 is 20.5 Å². The third-order valence-electron chi connectivity index (χ3n) is 5.91. The molecule has 0 radical (unpaired) electrons. The molecular weight excluding hydrogens is 472 g/mol. The number of benzene rings is 2. The van der Waals surface area contributed by atoms with Crippen LogP contribution in [0, 0.1) is 6.92 Å².